The Morgan fingerprint density at radius 2 is 2.00 bits per heavy atom. The van der Waals surface area contributed by atoms with Gasteiger partial charge in [-0.15, -0.1) is 0 Å². The minimum atomic E-state index is -4.29. The first-order chi connectivity index (χ1) is 17.1. The number of ether oxygens (including phenoxy) is 1. The van der Waals surface area contributed by atoms with Crippen molar-refractivity contribution in [1.29, 1.82) is 0 Å². The summed E-state index contributed by atoms with van der Waals surface area (Å²) in [5.74, 6) is 0.164. The number of nitrogen functional groups attached to an aromatic ring is 1. The van der Waals surface area contributed by atoms with Gasteiger partial charge < -0.3 is 19.5 Å². The Balaban J connectivity index is 1.75. The molecule has 4 atom stereocenters. The average molecular weight is 575 g/mol. The molecule has 0 bridgehead atoms. The number of rotatable bonds is 8. The standard InChI is InChI=1S/C20H31FN8O5S2Si/c1-20(2,3)37(5,6)34-15-11(8-32-36(23,30)31)33-19(14(15)21)29-17-13(16(22)25-9-26-17)18(27-29)35-12-7-24-10-28(12)4/h7,9-11,14-15,19H,8H2,1-6H3,(H2,22,25,26)(H2,23,30,31)/t11-,14+,15-,19-/m1/s1. The van der Waals surface area contributed by atoms with Crippen LogP contribution in [0.3, 0.4) is 0 Å². The monoisotopic (exact) mass is 574 g/mol. The van der Waals surface area contributed by atoms with E-state index in [-0.39, 0.29) is 16.5 Å². The van der Waals surface area contributed by atoms with Gasteiger partial charge in [-0.25, -0.2) is 29.2 Å². The van der Waals surface area contributed by atoms with Crippen molar-refractivity contribution in [2.75, 3.05) is 12.3 Å². The molecule has 37 heavy (non-hydrogen) atoms. The lowest BCUT2D eigenvalue weighted by Crippen LogP contribution is -2.49. The molecule has 0 unspecified atom stereocenters. The van der Waals surface area contributed by atoms with Crippen LogP contribution in [-0.4, -0.2) is 71.0 Å². The van der Waals surface area contributed by atoms with E-state index in [2.05, 4.69) is 20.1 Å². The van der Waals surface area contributed by atoms with Crippen LogP contribution in [0.2, 0.25) is 18.1 Å². The molecule has 13 nitrogen and oxygen atoms in total. The second kappa shape index (κ2) is 9.86. The average Bonchev–Trinajstić information content (AvgIpc) is 3.43. The number of hydrogen-bond donors (Lipinski definition) is 2. The van der Waals surface area contributed by atoms with Gasteiger partial charge in [-0.2, -0.15) is 13.5 Å². The van der Waals surface area contributed by atoms with E-state index in [1.807, 2.05) is 40.9 Å². The molecule has 1 aliphatic rings. The number of halogens is 1. The summed E-state index contributed by atoms with van der Waals surface area (Å²) in [5.41, 5.74) is 6.41. The highest BCUT2D eigenvalue weighted by atomic mass is 32.2. The Hall–Kier alpha value is -2.15. The van der Waals surface area contributed by atoms with Crippen LogP contribution in [0.4, 0.5) is 10.2 Å². The summed E-state index contributed by atoms with van der Waals surface area (Å²) in [6.45, 7) is 9.44. The Morgan fingerprint density at radius 3 is 2.59 bits per heavy atom. The van der Waals surface area contributed by atoms with Crippen LogP contribution >= 0.6 is 11.8 Å². The van der Waals surface area contributed by atoms with Gasteiger partial charge in [0.2, 0.25) is 0 Å². The summed E-state index contributed by atoms with van der Waals surface area (Å²) in [4.78, 5) is 12.5. The molecule has 3 aromatic heterocycles. The number of alkyl halides is 1. The van der Waals surface area contributed by atoms with Crippen LogP contribution < -0.4 is 10.9 Å². The van der Waals surface area contributed by atoms with Gasteiger partial charge in [-0.1, -0.05) is 20.8 Å². The van der Waals surface area contributed by atoms with E-state index in [0.717, 1.165) is 5.03 Å². The number of hydrogen-bond acceptors (Lipinski definition) is 11. The summed E-state index contributed by atoms with van der Waals surface area (Å²) in [6, 6.07) is 0. The van der Waals surface area contributed by atoms with Crippen molar-refractivity contribution in [2.45, 2.75) is 73.6 Å². The van der Waals surface area contributed by atoms with E-state index in [1.54, 1.807) is 17.1 Å². The van der Waals surface area contributed by atoms with E-state index >= 15 is 4.39 Å². The van der Waals surface area contributed by atoms with E-state index in [4.69, 9.17) is 24.2 Å². The lowest BCUT2D eigenvalue weighted by Gasteiger charge is -2.39. The molecule has 17 heteroatoms. The largest absolute Gasteiger partial charge is 0.408 e. The molecular formula is C20H31FN8O5S2Si. The van der Waals surface area contributed by atoms with Crippen LogP contribution in [0.25, 0.3) is 11.0 Å². The van der Waals surface area contributed by atoms with Gasteiger partial charge in [0.25, 0.3) is 0 Å². The number of nitrogens with two attached hydrogens (primary N) is 2. The third-order valence-electron chi connectivity index (χ3n) is 6.60. The smallest absolute Gasteiger partial charge is 0.333 e. The van der Waals surface area contributed by atoms with E-state index in [1.165, 1.54) is 22.8 Å². The highest BCUT2D eigenvalue weighted by molar-refractivity contribution is 7.99. The van der Waals surface area contributed by atoms with Crippen molar-refractivity contribution in [3.8, 4) is 0 Å². The third kappa shape index (κ3) is 5.66. The predicted molar refractivity (Wildman–Crippen MR) is 137 cm³/mol. The molecule has 1 aliphatic heterocycles. The molecule has 4 heterocycles. The Morgan fingerprint density at radius 1 is 1.30 bits per heavy atom. The zero-order valence-electron chi connectivity index (χ0n) is 21.3. The van der Waals surface area contributed by atoms with Crippen LogP contribution in [0, 0.1) is 0 Å². The van der Waals surface area contributed by atoms with E-state index in [9.17, 15) is 8.42 Å². The first-order valence-electron chi connectivity index (χ1n) is 11.4. The molecule has 3 aromatic rings. The van der Waals surface area contributed by atoms with Crippen LogP contribution in [0.1, 0.15) is 27.0 Å². The Kier molecular flexibility index (Phi) is 7.43. The first kappa shape index (κ1) is 27.9. The fourth-order valence-electron chi connectivity index (χ4n) is 3.60. The molecule has 4 rings (SSSR count). The summed E-state index contributed by atoms with van der Waals surface area (Å²) in [5, 5.41) is 11.0. The molecule has 1 saturated heterocycles. The second-order valence-corrected chi connectivity index (χ2v) is 17.3. The minimum Gasteiger partial charge on any atom is -0.408 e. The number of nitrogens with zero attached hydrogens (tertiary/aromatic N) is 6. The second-order valence-electron chi connectivity index (χ2n) is 10.3. The highest BCUT2D eigenvalue weighted by Gasteiger charge is 2.52. The summed E-state index contributed by atoms with van der Waals surface area (Å²) in [6.07, 6.45) is -0.722. The first-order valence-corrected chi connectivity index (χ1v) is 16.6. The topological polar surface area (TPSA) is 175 Å². The molecule has 4 N–H and O–H groups in total. The maximum Gasteiger partial charge on any atom is 0.333 e. The normalized spacial score (nSPS) is 23.2. The fourth-order valence-corrected chi connectivity index (χ4v) is 6.17. The van der Waals surface area contributed by atoms with E-state index < -0.39 is 49.8 Å². The molecule has 0 aliphatic carbocycles. The Labute approximate surface area is 219 Å². The molecule has 204 valence electrons. The van der Waals surface area contributed by atoms with Crippen LogP contribution in [0.15, 0.2) is 28.9 Å². The molecule has 0 spiro atoms. The zero-order chi connectivity index (χ0) is 27.3. The van der Waals surface area contributed by atoms with Crippen molar-refractivity contribution in [2.24, 2.45) is 12.2 Å². The van der Waals surface area contributed by atoms with Crippen molar-refractivity contribution < 1.29 is 26.2 Å². The fraction of sp³-hybridized carbons (Fsp3) is 0.600. The van der Waals surface area contributed by atoms with Gasteiger partial charge in [-0.05, 0) is 29.9 Å². The molecule has 0 amide bonds. The van der Waals surface area contributed by atoms with Crippen LogP contribution in [-0.2, 0) is 30.7 Å². The molecule has 0 aromatic carbocycles. The quantitative estimate of drug-likeness (QED) is 0.377. The van der Waals surface area contributed by atoms with Gasteiger partial charge in [0.15, 0.2) is 26.4 Å². The number of aryl methyl sites for hydroxylation is 1. The van der Waals surface area contributed by atoms with Crippen molar-refractivity contribution in [3.05, 3.63) is 18.9 Å². The van der Waals surface area contributed by atoms with Gasteiger partial charge in [0.1, 0.15) is 34.4 Å². The predicted octanol–water partition coefficient (Wildman–Crippen LogP) is 2.14. The lowest BCUT2D eigenvalue weighted by molar-refractivity contribution is -0.0446. The molecule has 0 radical (unpaired) electrons. The van der Waals surface area contributed by atoms with Crippen LogP contribution in [0.5, 0.6) is 0 Å². The number of fused-ring (bicyclic) bond motifs is 1. The highest BCUT2D eigenvalue weighted by Crippen LogP contribution is 2.44. The zero-order valence-corrected chi connectivity index (χ0v) is 24.0. The van der Waals surface area contributed by atoms with E-state index in [0.29, 0.717) is 10.4 Å². The number of imidazole rings is 1. The maximum absolute atomic E-state index is 16.2. The van der Waals surface area contributed by atoms with Crippen molar-refractivity contribution >= 4 is 47.2 Å². The summed E-state index contributed by atoms with van der Waals surface area (Å²) >= 11 is 1.26. The van der Waals surface area contributed by atoms with Gasteiger partial charge in [0, 0.05) is 7.05 Å². The number of anilines is 1. The SMILES string of the molecule is Cn1cncc1Sc1nn([C@@H]2O[C@H](COS(N)(=O)=O)[C@@H](O[Si](C)(C)C(C)(C)C)[C@@H]2F)c2ncnc(N)c12. The number of aromatic nitrogens is 6. The molecular weight excluding hydrogens is 543 g/mol. The van der Waals surface area contributed by atoms with Gasteiger partial charge in [-0.3, -0.25) is 4.18 Å². The molecule has 1 fully saturated rings. The Bertz CT molecular complexity index is 1390. The maximum atomic E-state index is 16.2. The van der Waals surface area contributed by atoms with Crippen molar-refractivity contribution in [1.82, 2.24) is 29.3 Å². The third-order valence-corrected chi connectivity index (χ3v) is 12.6. The van der Waals surface area contributed by atoms with Crippen molar-refractivity contribution in [3.63, 3.8) is 0 Å². The lowest BCUT2D eigenvalue weighted by atomic mass is 10.1. The summed E-state index contributed by atoms with van der Waals surface area (Å²) in [7, 11) is -4.98. The molecule has 0 saturated carbocycles. The summed E-state index contributed by atoms with van der Waals surface area (Å²) < 4.78 is 59.4. The van der Waals surface area contributed by atoms with Gasteiger partial charge >= 0.3 is 10.3 Å². The minimum absolute atomic E-state index is 0.164. The van der Waals surface area contributed by atoms with Gasteiger partial charge in [0.05, 0.1) is 24.5 Å².